The lowest BCUT2D eigenvalue weighted by Gasteiger charge is -2.15. The van der Waals surface area contributed by atoms with Crippen LogP contribution in [0.25, 0.3) is 0 Å². The summed E-state index contributed by atoms with van der Waals surface area (Å²) in [5.74, 6) is -0.170. The van der Waals surface area contributed by atoms with Crippen LogP contribution in [-0.2, 0) is 0 Å². The fraction of sp³-hybridized carbons (Fsp3) is 0.462. The van der Waals surface area contributed by atoms with Gasteiger partial charge in [0.1, 0.15) is 5.82 Å². The quantitative estimate of drug-likeness (QED) is 0.794. The molecule has 0 saturated heterocycles. The normalized spacial score (nSPS) is 23.1. The van der Waals surface area contributed by atoms with Crippen molar-refractivity contribution in [2.45, 2.75) is 24.1 Å². The molecule has 0 aliphatic heterocycles. The highest BCUT2D eigenvalue weighted by Gasteiger charge is 2.25. The van der Waals surface area contributed by atoms with E-state index in [0.717, 1.165) is 12.8 Å². The van der Waals surface area contributed by atoms with Crippen LogP contribution in [0, 0.1) is 11.7 Å². The Labute approximate surface area is 123 Å². The summed E-state index contributed by atoms with van der Waals surface area (Å²) < 4.78 is 13.5. The van der Waals surface area contributed by atoms with E-state index in [2.05, 4.69) is 37.2 Å². The Morgan fingerprint density at radius 3 is 2.89 bits per heavy atom. The minimum Gasteiger partial charge on any atom is -0.352 e. The molecule has 1 N–H and O–H groups in total. The van der Waals surface area contributed by atoms with E-state index >= 15 is 0 Å². The number of alkyl halides is 1. The molecule has 1 amide bonds. The highest BCUT2D eigenvalue weighted by molar-refractivity contribution is 9.10. The molecule has 0 heterocycles. The van der Waals surface area contributed by atoms with Gasteiger partial charge in [-0.05, 0) is 46.8 Å². The smallest absolute Gasteiger partial charge is 0.252 e. The lowest BCUT2D eigenvalue weighted by atomic mass is 10.1. The minimum atomic E-state index is -0.415. The van der Waals surface area contributed by atoms with Crippen molar-refractivity contribution in [3.05, 3.63) is 34.1 Å². The number of benzene rings is 1. The Bertz CT molecular complexity index is 453. The molecule has 1 aromatic rings. The summed E-state index contributed by atoms with van der Waals surface area (Å²) in [6.07, 6.45) is 3.48. The molecule has 2 rings (SSSR count). The van der Waals surface area contributed by atoms with Crippen molar-refractivity contribution in [2.75, 3.05) is 6.54 Å². The van der Waals surface area contributed by atoms with Crippen LogP contribution < -0.4 is 5.32 Å². The summed E-state index contributed by atoms with van der Waals surface area (Å²) >= 11 is 6.72. The summed E-state index contributed by atoms with van der Waals surface area (Å²) in [4.78, 5) is 12.4. The lowest BCUT2D eigenvalue weighted by Crippen LogP contribution is -2.31. The summed E-state index contributed by atoms with van der Waals surface area (Å²) in [5, 5.41) is 2.87. The van der Waals surface area contributed by atoms with E-state index in [0.29, 0.717) is 22.9 Å². The molecule has 2 unspecified atom stereocenters. The molecule has 1 aliphatic rings. The van der Waals surface area contributed by atoms with Crippen molar-refractivity contribution in [1.29, 1.82) is 0 Å². The van der Waals surface area contributed by atoms with Crippen LogP contribution in [-0.4, -0.2) is 17.3 Å². The van der Waals surface area contributed by atoms with Gasteiger partial charge >= 0.3 is 0 Å². The molecular formula is C13H14Br2FNO. The van der Waals surface area contributed by atoms with Gasteiger partial charge in [-0.25, -0.2) is 4.39 Å². The highest BCUT2D eigenvalue weighted by Crippen LogP contribution is 2.31. The molecule has 2 nitrogen and oxygen atoms in total. The summed E-state index contributed by atoms with van der Waals surface area (Å²) in [6.45, 7) is 0.637. The van der Waals surface area contributed by atoms with Crippen molar-refractivity contribution in [3.8, 4) is 0 Å². The van der Waals surface area contributed by atoms with Gasteiger partial charge in [0, 0.05) is 11.4 Å². The maximum atomic E-state index is 13.3. The van der Waals surface area contributed by atoms with Gasteiger partial charge in [-0.3, -0.25) is 4.79 Å². The second-order valence-electron chi connectivity index (χ2n) is 4.52. The van der Waals surface area contributed by atoms with Crippen LogP contribution >= 0.6 is 31.9 Å². The van der Waals surface area contributed by atoms with Gasteiger partial charge in [0.25, 0.3) is 5.91 Å². The molecule has 1 aromatic carbocycles. The standard InChI is InChI=1S/C13H14Br2FNO/c14-10-5-1-3-8(10)7-17-13(18)9-4-2-6-11(16)12(9)15/h2,4,6,8,10H,1,3,5,7H2,(H,17,18). The van der Waals surface area contributed by atoms with Crippen LogP contribution in [0.15, 0.2) is 22.7 Å². The van der Waals surface area contributed by atoms with E-state index in [9.17, 15) is 9.18 Å². The zero-order valence-electron chi connectivity index (χ0n) is 9.76. The van der Waals surface area contributed by atoms with E-state index in [1.807, 2.05) is 0 Å². The van der Waals surface area contributed by atoms with Crippen LogP contribution in [0.3, 0.4) is 0 Å². The van der Waals surface area contributed by atoms with E-state index in [-0.39, 0.29) is 10.4 Å². The molecule has 98 valence electrons. The molecule has 1 saturated carbocycles. The first-order valence-electron chi connectivity index (χ1n) is 5.96. The number of halogens is 3. The fourth-order valence-corrected chi connectivity index (χ4v) is 3.44. The zero-order chi connectivity index (χ0) is 13.1. The second kappa shape index (κ2) is 6.15. The number of carbonyl (C=O) groups excluding carboxylic acids is 1. The topological polar surface area (TPSA) is 29.1 Å². The number of carbonyl (C=O) groups is 1. The number of hydrogen-bond acceptors (Lipinski definition) is 1. The van der Waals surface area contributed by atoms with Gasteiger partial charge in [0.15, 0.2) is 0 Å². The van der Waals surface area contributed by atoms with Crippen LogP contribution in [0.1, 0.15) is 29.6 Å². The van der Waals surface area contributed by atoms with E-state index in [4.69, 9.17) is 0 Å². The minimum absolute atomic E-state index is 0.226. The van der Waals surface area contributed by atoms with Crippen molar-refractivity contribution >= 4 is 37.8 Å². The Morgan fingerprint density at radius 2 is 2.22 bits per heavy atom. The first-order chi connectivity index (χ1) is 8.59. The summed E-state index contributed by atoms with van der Waals surface area (Å²) in [5.41, 5.74) is 0.346. The number of rotatable bonds is 3. The van der Waals surface area contributed by atoms with Gasteiger partial charge in [0.05, 0.1) is 10.0 Å². The SMILES string of the molecule is O=C(NCC1CCCC1Br)c1cccc(F)c1Br. The van der Waals surface area contributed by atoms with Crippen molar-refractivity contribution in [3.63, 3.8) is 0 Å². The van der Waals surface area contributed by atoms with Crippen molar-refractivity contribution in [2.24, 2.45) is 5.92 Å². The molecule has 5 heteroatoms. The molecule has 18 heavy (non-hydrogen) atoms. The number of amides is 1. The maximum absolute atomic E-state index is 13.3. The third-order valence-corrected chi connectivity index (χ3v) is 5.30. The van der Waals surface area contributed by atoms with Crippen molar-refractivity contribution in [1.82, 2.24) is 5.32 Å². The first kappa shape index (κ1) is 14.0. The van der Waals surface area contributed by atoms with E-state index in [1.54, 1.807) is 6.07 Å². The first-order valence-corrected chi connectivity index (χ1v) is 7.66. The largest absolute Gasteiger partial charge is 0.352 e. The Morgan fingerprint density at radius 1 is 1.44 bits per heavy atom. The monoisotopic (exact) mass is 377 g/mol. The molecule has 0 aromatic heterocycles. The van der Waals surface area contributed by atoms with Gasteiger partial charge in [-0.15, -0.1) is 0 Å². The van der Waals surface area contributed by atoms with E-state index in [1.165, 1.54) is 18.6 Å². The third-order valence-electron chi connectivity index (χ3n) is 3.29. The second-order valence-corrected chi connectivity index (χ2v) is 6.49. The fourth-order valence-electron chi connectivity index (χ4n) is 2.22. The van der Waals surface area contributed by atoms with E-state index < -0.39 is 5.82 Å². The summed E-state index contributed by atoms with van der Waals surface area (Å²) in [7, 11) is 0. The average Bonchev–Trinajstić information content (AvgIpc) is 2.75. The predicted octanol–water partition coefficient (Wildman–Crippen LogP) is 3.88. The molecule has 1 fully saturated rings. The number of hydrogen-bond donors (Lipinski definition) is 1. The van der Waals surface area contributed by atoms with Crippen LogP contribution in [0.2, 0.25) is 0 Å². The molecule has 2 atom stereocenters. The van der Waals surface area contributed by atoms with Crippen molar-refractivity contribution < 1.29 is 9.18 Å². The van der Waals surface area contributed by atoms with Crippen LogP contribution in [0.5, 0.6) is 0 Å². The molecule has 0 bridgehead atoms. The van der Waals surface area contributed by atoms with Gasteiger partial charge in [0.2, 0.25) is 0 Å². The zero-order valence-corrected chi connectivity index (χ0v) is 12.9. The van der Waals surface area contributed by atoms with Crippen LogP contribution in [0.4, 0.5) is 4.39 Å². The average molecular weight is 379 g/mol. The Balaban J connectivity index is 1.97. The maximum Gasteiger partial charge on any atom is 0.252 e. The van der Waals surface area contributed by atoms with Gasteiger partial charge < -0.3 is 5.32 Å². The molecular weight excluding hydrogens is 365 g/mol. The van der Waals surface area contributed by atoms with Gasteiger partial charge in [-0.2, -0.15) is 0 Å². The lowest BCUT2D eigenvalue weighted by molar-refractivity contribution is 0.0946. The molecule has 0 radical (unpaired) electrons. The number of nitrogens with one attached hydrogen (secondary N) is 1. The van der Waals surface area contributed by atoms with Gasteiger partial charge in [-0.1, -0.05) is 28.4 Å². The Hall–Kier alpha value is -0.420. The Kier molecular flexibility index (Phi) is 4.78. The predicted molar refractivity (Wildman–Crippen MR) is 76.5 cm³/mol. The molecule has 1 aliphatic carbocycles. The highest BCUT2D eigenvalue weighted by atomic mass is 79.9. The third kappa shape index (κ3) is 3.12. The molecule has 0 spiro atoms. The summed E-state index contributed by atoms with van der Waals surface area (Å²) in [6, 6.07) is 4.48.